The van der Waals surface area contributed by atoms with Gasteiger partial charge in [-0.2, -0.15) is 0 Å². The third-order valence-electron chi connectivity index (χ3n) is 9.84. The maximum absolute atomic E-state index is 2.51. The van der Waals surface area contributed by atoms with E-state index in [1.165, 1.54) is 55.6 Å². The van der Waals surface area contributed by atoms with Crippen molar-refractivity contribution in [3.8, 4) is 55.6 Å². The fraction of sp³-hybridized carbons (Fsp3) is 0.100. The highest BCUT2D eigenvalue weighted by Crippen LogP contribution is 2.37. The Morgan fingerprint density at radius 1 is 0.310 bits per heavy atom. The fourth-order valence-corrected chi connectivity index (χ4v) is 14.8. The van der Waals surface area contributed by atoms with Gasteiger partial charge in [0.25, 0.3) is 0 Å². The smallest absolute Gasteiger partial charge is 0.0623 e. The Morgan fingerprint density at radius 3 is 1.10 bits per heavy atom. The van der Waals surface area contributed by atoms with Crippen LogP contribution in [-0.2, 0) is 0 Å². The van der Waals surface area contributed by atoms with Crippen molar-refractivity contribution in [2.45, 2.75) is 26.2 Å². The predicted molar refractivity (Wildman–Crippen MR) is 187 cm³/mol. The van der Waals surface area contributed by atoms with Crippen LogP contribution in [0.5, 0.6) is 0 Å². The van der Waals surface area contributed by atoms with Gasteiger partial charge in [0.1, 0.15) is 16.1 Å². The van der Waals surface area contributed by atoms with Crippen molar-refractivity contribution < 1.29 is 0 Å². The van der Waals surface area contributed by atoms with Gasteiger partial charge < -0.3 is 0 Å². The first-order valence-electron chi connectivity index (χ1n) is 15.0. The molecule has 0 amide bonds. The zero-order chi connectivity index (χ0) is 28.6. The lowest BCUT2D eigenvalue weighted by Crippen LogP contribution is -2.50. The van der Waals surface area contributed by atoms with Gasteiger partial charge in [-0.3, -0.25) is 0 Å². The monoisotopic (exact) mass is 570 g/mol. The molecule has 2 heteroatoms. The molecule has 0 nitrogen and oxygen atoms in total. The number of hydrogen-bond donors (Lipinski definition) is 0. The molecule has 0 fully saturated rings. The summed E-state index contributed by atoms with van der Waals surface area (Å²) in [7, 11) is -3.61. The summed E-state index contributed by atoms with van der Waals surface area (Å²) in [5, 5.41) is 6.26. The fourth-order valence-electron chi connectivity index (χ4n) is 7.91. The zero-order valence-electron chi connectivity index (χ0n) is 24.7. The molecule has 2 aliphatic rings. The summed E-state index contributed by atoms with van der Waals surface area (Å²) in [5.74, 6) is 0. The van der Waals surface area contributed by atoms with Crippen molar-refractivity contribution in [2.24, 2.45) is 0 Å². The molecule has 6 aromatic carbocycles. The highest BCUT2D eigenvalue weighted by molar-refractivity contribution is 7.05. The molecule has 42 heavy (non-hydrogen) atoms. The van der Waals surface area contributed by atoms with Crippen LogP contribution in [0.2, 0.25) is 26.2 Å². The first kappa shape index (κ1) is 25.5. The van der Waals surface area contributed by atoms with Crippen LogP contribution in [0.4, 0.5) is 0 Å². The van der Waals surface area contributed by atoms with E-state index >= 15 is 0 Å². The molecular weight excluding hydrogens is 537 g/mol. The van der Waals surface area contributed by atoms with E-state index in [-0.39, 0.29) is 0 Å². The van der Waals surface area contributed by atoms with Crippen molar-refractivity contribution in [3.63, 3.8) is 0 Å². The Kier molecular flexibility index (Phi) is 5.53. The minimum atomic E-state index is -1.81. The van der Waals surface area contributed by atoms with Crippen molar-refractivity contribution in [1.82, 2.24) is 0 Å². The topological polar surface area (TPSA) is 0 Å². The highest BCUT2D eigenvalue weighted by Gasteiger charge is 2.40. The molecule has 0 atom stereocenters. The Morgan fingerprint density at radius 2 is 0.643 bits per heavy atom. The van der Waals surface area contributed by atoms with E-state index in [1.807, 2.05) is 0 Å². The number of benzene rings is 6. The van der Waals surface area contributed by atoms with Gasteiger partial charge in [0.2, 0.25) is 0 Å². The second-order valence-corrected chi connectivity index (χ2v) is 21.5. The molecule has 0 unspecified atom stereocenters. The van der Waals surface area contributed by atoms with Gasteiger partial charge in [-0.05, 0) is 88.5 Å². The molecular formula is C40H34Si2. The van der Waals surface area contributed by atoms with Gasteiger partial charge in [0.15, 0.2) is 0 Å². The Bertz CT molecular complexity index is 1900. The molecule has 0 aliphatic carbocycles. The average molecular weight is 571 g/mol. The summed E-state index contributed by atoms with van der Waals surface area (Å²) < 4.78 is 0. The SMILES string of the molecule is C[Si]1(C)c2ccccc2-c2cccc(-c3cccc(-c4cccc(-c5cccc6c5[Si](C)(C)c5ccccc5-6)c4)c3)c21. The molecule has 0 radical (unpaired) electrons. The van der Waals surface area contributed by atoms with Crippen LogP contribution >= 0.6 is 0 Å². The number of fused-ring (bicyclic) bond motifs is 6. The second kappa shape index (κ2) is 9.13. The molecule has 6 aromatic rings. The predicted octanol–water partition coefficient (Wildman–Crippen LogP) is 8.29. The van der Waals surface area contributed by atoms with Gasteiger partial charge in [0, 0.05) is 0 Å². The quantitative estimate of drug-likeness (QED) is 0.188. The van der Waals surface area contributed by atoms with Crippen LogP contribution in [0.25, 0.3) is 55.6 Å². The minimum absolute atomic E-state index is 1.27. The summed E-state index contributed by atoms with van der Waals surface area (Å²) >= 11 is 0. The Labute approximate surface area is 251 Å². The van der Waals surface area contributed by atoms with Gasteiger partial charge >= 0.3 is 0 Å². The summed E-state index contributed by atoms with van der Waals surface area (Å²) in [6.45, 7) is 10.0. The summed E-state index contributed by atoms with van der Waals surface area (Å²) in [4.78, 5) is 0. The molecule has 202 valence electrons. The Hall–Kier alpha value is -4.25. The lowest BCUT2D eigenvalue weighted by atomic mass is 9.94. The third-order valence-corrected chi connectivity index (χ3v) is 17.0. The summed E-state index contributed by atoms with van der Waals surface area (Å²) in [5.41, 5.74) is 13.7. The first-order chi connectivity index (χ1) is 20.4. The number of hydrogen-bond acceptors (Lipinski definition) is 0. The van der Waals surface area contributed by atoms with Crippen LogP contribution < -0.4 is 20.7 Å². The van der Waals surface area contributed by atoms with E-state index in [2.05, 4.69) is 160 Å². The summed E-state index contributed by atoms with van der Waals surface area (Å²) in [6.07, 6.45) is 0. The lowest BCUT2D eigenvalue weighted by molar-refractivity contribution is 1.58. The molecule has 0 saturated carbocycles. The van der Waals surface area contributed by atoms with Crippen molar-refractivity contribution in [3.05, 3.63) is 133 Å². The van der Waals surface area contributed by atoms with Crippen LogP contribution in [-0.4, -0.2) is 16.1 Å². The van der Waals surface area contributed by atoms with Crippen LogP contribution in [0.15, 0.2) is 133 Å². The molecule has 0 bridgehead atoms. The standard InChI is InChI=1S/C40H34Si2/c1-41(2)37-23-7-5-17-33(37)35-21-11-19-31(39(35)41)29-15-9-13-27(25-29)28-14-10-16-30(26-28)32-20-12-22-36-34-18-6-8-24-38(34)42(3,4)40(32)36/h5-26H,1-4H3. The molecule has 0 spiro atoms. The summed E-state index contributed by atoms with van der Waals surface area (Å²) in [6, 6.07) is 50.4. The minimum Gasteiger partial charge on any atom is -0.0623 e. The van der Waals surface area contributed by atoms with Crippen LogP contribution in [0.1, 0.15) is 0 Å². The van der Waals surface area contributed by atoms with E-state index in [0.717, 1.165) is 0 Å². The van der Waals surface area contributed by atoms with Crippen molar-refractivity contribution in [2.75, 3.05) is 0 Å². The highest BCUT2D eigenvalue weighted by atomic mass is 28.3. The van der Waals surface area contributed by atoms with E-state index < -0.39 is 16.1 Å². The van der Waals surface area contributed by atoms with Crippen LogP contribution in [0.3, 0.4) is 0 Å². The molecule has 0 saturated heterocycles. The normalized spacial score (nSPS) is 15.0. The van der Waals surface area contributed by atoms with Gasteiger partial charge in [0.05, 0.1) is 0 Å². The third kappa shape index (κ3) is 3.58. The second-order valence-electron chi connectivity index (χ2n) is 13.0. The van der Waals surface area contributed by atoms with E-state index in [4.69, 9.17) is 0 Å². The molecule has 0 aromatic heterocycles. The molecule has 8 rings (SSSR count). The number of rotatable bonds is 3. The molecule has 0 N–H and O–H groups in total. The average Bonchev–Trinajstić information content (AvgIpc) is 3.41. The maximum atomic E-state index is 2.51. The maximum Gasteiger partial charge on any atom is 0.114 e. The van der Waals surface area contributed by atoms with Gasteiger partial charge in [-0.15, -0.1) is 0 Å². The zero-order valence-corrected chi connectivity index (χ0v) is 26.7. The van der Waals surface area contributed by atoms with Crippen molar-refractivity contribution >= 4 is 36.9 Å². The molecule has 2 heterocycles. The van der Waals surface area contributed by atoms with E-state index in [9.17, 15) is 0 Å². The Balaban J connectivity index is 1.23. The lowest BCUT2D eigenvalue weighted by Gasteiger charge is -2.23. The van der Waals surface area contributed by atoms with E-state index in [0.29, 0.717) is 0 Å². The largest absolute Gasteiger partial charge is 0.114 e. The van der Waals surface area contributed by atoms with E-state index in [1.54, 1.807) is 20.7 Å². The van der Waals surface area contributed by atoms with Gasteiger partial charge in [-0.1, -0.05) is 148 Å². The first-order valence-corrected chi connectivity index (χ1v) is 21.0. The van der Waals surface area contributed by atoms with Crippen molar-refractivity contribution in [1.29, 1.82) is 0 Å². The molecule has 2 aliphatic heterocycles. The van der Waals surface area contributed by atoms with Gasteiger partial charge in [-0.25, -0.2) is 0 Å². The van der Waals surface area contributed by atoms with Crippen LogP contribution in [0, 0.1) is 0 Å².